The third kappa shape index (κ3) is 3.80. The molecule has 0 bridgehead atoms. The van der Waals surface area contributed by atoms with Crippen molar-refractivity contribution in [3.63, 3.8) is 0 Å². The smallest absolute Gasteiger partial charge is 0.0939 e. The van der Waals surface area contributed by atoms with E-state index in [1.165, 1.54) is 11.1 Å². The summed E-state index contributed by atoms with van der Waals surface area (Å²) in [7, 11) is 0. The van der Waals surface area contributed by atoms with E-state index in [2.05, 4.69) is 75.5 Å². The highest BCUT2D eigenvalue weighted by molar-refractivity contribution is 5.54. The van der Waals surface area contributed by atoms with Crippen LogP contribution in [-0.2, 0) is 14.2 Å². The van der Waals surface area contributed by atoms with E-state index in [4.69, 9.17) is 14.2 Å². The lowest BCUT2D eigenvalue weighted by Crippen LogP contribution is -2.52. The molecule has 2 saturated heterocycles. The second kappa shape index (κ2) is 9.12. The molecule has 2 aliphatic rings. The molecule has 0 radical (unpaired) electrons. The number of benzene rings is 2. The maximum atomic E-state index is 7.25. The van der Waals surface area contributed by atoms with Gasteiger partial charge in [0, 0.05) is 10.8 Å². The Bertz CT molecular complexity index is 837. The first-order chi connectivity index (χ1) is 15.1. The van der Waals surface area contributed by atoms with Crippen molar-refractivity contribution in [3.05, 3.63) is 83.9 Å². The lowest BCUT2D eigenvalue weighted by atomic mass is 9.71. The van der Waals surface area contributed by atoms with Crippen LogP contribution in [-0.4, -0.2) is 26.4 Å². The Morgan fingerprint density at radius 2 is 1.16 bits per heavy atom. The van der Waals surface area contributed by atoms with Crippen LogP contribution in [0.3, 0.4) is 0 Å². The van der Waals surface area contributed by atoms with Gasteiger partial charge in [-0.2, -0.15) is 0 Å². The van der Waals surface area contributed by atoms with E-state index in [1.807, 2.05) is 12.2 Å². The molecule has 0 amide bonds. The monoisotopic (exact) mass is 418 g/mol. The Labute approximate surface area is 186 Å². The molecule has 2 fully saturated rings. The molecule has 4 rings (SSSR count). The molecule has 3 nitrogen and oxygen atoms in total. The van der Waals surface area contributed by atoms with E-state index in [-0.39, 0.29) is 23.0 Å². The van der Waals surface area contributed by atoms with Gasteiger partial charge in [-0.25, -0.2) is 0 Å². The summed E-state index contributed by atoms with van der Waals surface area (Å²) < 4.78 is 18.7. The summed E-state index contributed by atoms with van der Waals surface area (Å²) in [4.78, 5) is 0. The molecule has 2 atom stereocenters. The summed E-state index contributed by atoms with van der Waals surface area (Å²) in [6, 6.07) is 16.9. The topological polar surface area (TPSA) is 27.7 Å². The first-order valence-electron chi connectivity index (χ1n) is 11.4. The Kier molecular flexibility index (Phi) is 6.47. The molecule has 0 aromatic heterocycles. The van der Waals surface area contributed by atoms with E-state index >= 15 is 0 Å². The third-order valence-corrected chi connectivity index (χ3v) is 7.35. The van der Waals surface area contributed by atoms with Gasteiger partial charge in [-0.15, -0.1) is 0 Å². The highest BCUT2D eigenvalue weighted by Crippen LogP contribution is 2.54. The first-order valence-corrected chi connectivity index (χ1v) is 11.4. The fraction of sp³-hybridized carbons (Fsp3) is 0.429. The van der Waals surface area contributed by atoms with Gasteiger partial charge in [-0.3, -0.25) is 0 Å². The maximum absolute atomic E-state index is 7.25. The van der Waals surface area contributed by atoms with Gasteiger partial charge in [-0.1, -0.05) is 87.7 Å². The summed E-state index contributed by atoms with van der Waals surface area (Å²) in [5.41, 5.74) is 4.54. The molecule has 0 saturated carbocycles. The Hall–Kier alpha value is -2.20. The van der Waals surface area contributed by atoms with Crippen LogP contribution in [0.15, 0.2) is 61.7 Å². The van der Waals surface area contributed by atoms with Gasteiger partial charge in [0.05, 0.1) is 38.6 Å². The highest BCUT2D eigenvalue weighted by atomic mass is 16.5. The predicted octanol–water partition coefficient (Wildman–Crippen LogP) is 6.62. The zero-order chi connectivity index (χ0) is 21.9. The SMILES string of the molecule is C=Cc1ccccc1C(OC(c1ccccc1C=C)C1(CC)COC1)C1(CC)COC1. The van der Waals surface area contributed by atoms with Gasteiger partial charge in [0.2, 0.25) is 0 Å². The van der Waals surface area contributed by atoms with E-state index in [0.717, 1.165) is 24.0 Å². The van der Waals surface area contributed by atoms with Gasteiger partial charge in [-0.05, 0) is 35.1 Å². The minimum Gasteiger partial charge on any atom is -0.380 e. The summed E-state index contributed by atoms with van der Waals surface area (Å²) >= 11 is 0. The molecular formula is C28H34O3. The van der Waals surface area contributed by atoms with Crippen LogP contribution < -0.4 is 0 Å². The fourth-order valence-electron chi connectivity index (χ4n) is 4.91. The van der Waals surface area contributed by atoms with Crippen molar-refractivity contribution < 1.29 is 14.2 Å². The number of rotatable bonds is 10. The fourth-order valence-corrected chi connectivity index (χ4v) is 4.91. The van der Waals surface area contributed by atoms with Crippen molar-refractivity contribution >= 4 is 12.2 Å². The van der Waals surface area contributed by atoms with E-state index < -0.39 is 0 Å². The van der Waals surface area contributed by atoms with E-state index in [0.29, 0.717) is 26.4 Å². The largest absolute Gasteiger partial charge is 0.380 e. The van der Waals surface area contributed by atoms with Crippen LogP contribution in [0.5, 0.6) is 0 Å². The molecule has 2 aromatic rings. The first kappa shape index (κ1) is 22.0. The average molecular weight is 419 g/mol. The average Bonchev–Trinajstić information content (AvgIpc) is 2.76. The van der Waals surface area contributed by atoms with Crippen molar-refractivity contribution in [2.45, 2.75) is 38.9 Å². The molecule has 2 aromatic carbocycles. The molecular weight excluding hydrogens is 384 g/mol. The third-order valence-electron chi connectivity index (χ3n) is 7.35. The quantitative estimate of drug-likeness (QED) is 0.434. The van der Waals surface area contributed by atoms with Gasteiger partial charge in [0.1, 0.15) is 0 Å². The minimum absolute atomic E-state index is 0.0416. The number of hydrogen-bond donors (Lipinski definition) is 0. The van der Waals surface area contributed by atoms with Crippen LogP contribution in [0.1, 0.15) is 61.2 Å². The van der Waals surface area contributed by atoms with Crippen LogP contribution in [0, 0.1) is 10.8 Å². The zero-order valence-corrected chi connectivity index (χ0v) is 18.8. The normalized spacial score (nSPS) is 20.7. The van der Waals surface area contributed by atoms with E-state index in [9.17, 15) is 0 Å². The number of ether oxygens (including phenoxy) is 3. The predicted molar refractivity (Wildman–Crippen MR) is 127 cm³/mol. The van der Waals surface area contributed by atoms with Gasteiger partial charge in [0.15, 0.2) is 0 Å². The van der Waals surface area contributed by atoms with Gasteiger partial charge in [0.25, 0.3) is 0 Å². The Morgan fingerprint density at radius 1 is 0.774 bits per heavy atom. The second-order valence-electron chi connectivity index (χ2n) is 8.98. The Morgan fingerprint density at radius 3 is 1.45 bits per heavy atom. The van der Waals surface area contributed by atoms with E-state index in [1.54, 1.807) is 0 Å². The van der Waals surface area contributed by atoms with Gasteiger partial charge >= 0.3 is 0 Å². The molecule has 0 spiro atoms. The highest BCUT2D eigenvalue weighted by Gasteiger charge is 2.52. The molecule has 164 valence electrons. The summed E-state index contributed by atoms with van der Waals surface area (Å²) in [5.74, 6) is 0. The molecule has 0 aliphatic carbocycles. The van der Waals surface area contributed by atoms with Crippen molar-refractivity contribution in [2.75, 3.05) is 26.4 Å². The molecule has 2 aliphatic heterocycles. The molecule has 2 unspecified atom stereocenters. The van der Waals surface area contributed by atoms with Crippen molar-refractivity contribution in [1.29, 1.82) is 0 Å². The zero-order valence-electron chi connectivity index (χ0n) is 18.8. The second-order valence-corrected chi connectivity index (χ2v) is 8.98. The van der Waals surface area contributed by atoms with Crippen molar-refractivity contribution in [2.24, 2.45) is 10.8 Å². The lowest BCUT2D eigenvalue weighted by molar-refractivity contribution is -0.254. The molecule has 2 heterocycles. The van der Waals surface area contributed by atoms with Crippen LogP contribution in [0.4, 0.5) is 0 Å². The number of hydrogen-bond acceptors (Lipinski definition) is 3. The molecule has 3 heteroatoms. The summed E-state index contributed by atoms with van der Waals surface area (Å²) in [6.45, 7) is 15.5. The van der Waals surface area contributed by atoms with Crippen LogP contribution in [0.2, 0.25) is 0 Å². The van der Waals surface area contributed by atoms with Gasteiger partial charge < -0.3 is 14.2 Å². The molecule has 0 N–H and O–H groups in total. The summed E-state index contributed by atoms with van der Waals surface area (Å²) in [6.07, 6.45) is 5.68. The lowest BCUT2D eigenvalue weighted by Gasteiger charge is -2.52. The Balaban J connectivity index is 1.83. The summed E-state index contributed by atoms with van der Waals surface area (Å²) in [5, 5.41) is 0. The van der Waals surface area contributed by atoms with Crippen LogP contribution in [0.25, 0.3) is 12.2 Å². The van der Waals surface area contributed by atoms with Crippen molar-refractivity contribution in [3.8, 4) is 0 Å². The molecule has 31 heavy (non-hydrogen) atoms. The standard InChI is InChI=1S/C28H34O3/c1-5-21-13-9-11-15-23(21)25(27(7-3)17-29-18-27)31-26(28(8-4)19-30-20-28)24-16-12-10-14-22(24)6-2/h5-6,9-16,25-26H,1-2,7-8,17-20H2,3-4H3. The van der Waals surface area contributed by atoms with Crippen LogP contribution >= 0.6 is 0 Å². The van der Waals surface area contributed by atoms with Crippen molar-refractivity contribution in [1.82, 2.24) is 0 Å². The minimum atomic E-state index is -0.0904. The maximum Gasteiger partial charge on any atom is 0.0939 e.